The van der Waals surface area contributed by atoms with E-state index in [1.807, 2.05) is 24.3 Å². The Morgan fingerprint density at radius 2 is 2.00 bits per heavy atom. The molecule has 114 valence electrons. The lowest BCUT2D eigenvalue weighted by Crippen LogP contribution is -2.41. The number of H-pyrrole nitrogens is 1. The summed E-state index contributed by atoms with van der Waals surface area (Å²) in [6, 6.07) is 8.06. The van der Waals surface area contributed by atoms with Crippen LogP contribution in [0.1, 0.15) is 25.1 Å². The fourth-order valence-electron chi connectivity index (χ4n) is 2.62. The van der Waals surface area contributed by atoms with Crippen molar-refractivity contribution in [1.82, 2.24) is 14.9 Å². The monoisotopic (exact) mass is 399 g/mol. The van der Waals surface area contributed by atoms with Gasteiger partial charge >= 0.3 is 0 Å². The molecule has 0 atom stereocenters. The summed E-state index contributed by atoms with van der Waals surface area (Å²) in [4.78, 5) is 14.5. The van der Waals surface area contributed by atoms with Crippen molar-refractivity contribution in [3.05, 3.63) is 30.1 Å². The Labute approximate surface area is 142 Å². The molecule has 1 aliphatic heterocycles. The van der Waals surface area contributed by atoms with Gasteiger partial charge in [-0.05, 0) is 31.4 Å². The third-order valence-corrected chi connectivity index (χ3v) is 3.74. The third kappa shape index (κ3) is 4.09. The van der Waals surface area contributed by atoms with E-state index in [1.165, 1.54) is 19.3 Å². The number of nitrogens with one attached hydrogen (secondary N) is 1. The van der Waals surface area contributed by atoms with Gasteiger partial charge < -0.3 is 15.6 Å². The second-order valence-corrected chi connectivity index (χ2v) is 5.24. The number of hydrogen-bond donors (Lipinski definition) is 2. The van der Waals surface area contributed by atoms with Crippen LogP contribution in [0.2, 0.25) is 0 Å². The number of nitrogens with zero attached hydrogens (tertiary/aromatic N) is 3. The highest BCUT2D eigenvalue weighted by atomic mass is 127. The molecule has 0 spiro atoms. The smallest absolute Gasteiger partial charge is 0.191 e. The van der Waals surface area contributed by atoms with Crippen LogP contribution in [-0.4, -0.2) is 40.5 Å². The van der Waals surface area contributed by atoms with Crippen LogP contribution < -0.4 is 5.73 Å². The summed E-state index contributed by atoms with van der Waals surface area (Å²) < 4.78 is 0. The summed E-state index contributed by atoms with van der Waals surface area (Å²) in [7, 11) is 0. The van der Waals surface area contributed by atoms with E-state index in [-0.39, 0.29) is 24.0 Å². The second-order valence-electron chi connectivity index (χ2n) is 5.24. The lowest BCUT2D eigenvalue weighted by Gasteiger charge is -2.27. The highest BCUT2D eigenvalue weighted by molar-refractivity contribution is 14.0. The molecule has 1 fully saturated rings. The maximum absolute atomic E-state index is 6.03. The van der Waals surface area contributed by atoms with E-state index in [0.717, 1.165) is 36.4 Å². The van der Waals surface area contributed by atoms with Gasteiger partial charge in [-0.15, -0.1) is 24.0 Å². The number of likely N-dealkylation sites (tertiary alicyclic amines) is 1. The first-order valence-electron chi connectivity index (χ1n) is 7.31. The standard InChI is InChI=1S/C15H21N5.HI/c16-15(20-10-4-1-5-11-20)17-9-8-14-18-12-6-2-3-7-13(12)19-14;/h2-3,6-7H,1,4-5,8-11H2,(H2,16,17)(H,18,19);1H. The fraction of sp³-hybridized carbons (Fsp3) is 0.467. The minimum atomic E-state index is 0. The van der Waals surface area contributed by atoms with Crippen LogP contribution in [0, 0.1) is 0 Å². The molecular formula is C15H22IN5. The van der Waals surface area contributed by atoms with Crippen molar-refractivity contribution >= 4 is 41.0 Å². The Hall–Kier alpha value is -1.31. The molecule has 2 aromatic rings. The molecule has 1 aliphatic rings. The van der Waals surface area contributed by atoms with Gasteiger partial charge in [0, 0.05) is 26.1 Å². The highest BCUT2D eigenvalue weighted by Gasteiger charge is 2.11. The minimum Gasteiger partial charge on any atom is -0.370 e. The van der Waals surface area contributed by atoms with Gasteiger partial charge in [-0.3, -0.25) is 4.99 Å². The van der Waals surface area contributed by atoms with E-state index in [2.05, 4.69) is 19.9 Å². The Morgan fingerprint density at radius 3 is 2.76 bits per heavy atom. The number of fused-ring (bicyclic) bond motifs is 1. The number of benzene rings is 1. The molecule has 3 rings (SSSR count). The fourth-order valence-corrected chi connectivity index (χ4v) is 2.62. The molecule has 0 saturated carbocycles. The van der Waals surface area contributed by atoms with E-state index in [0.29, 0.717) is 12.5 Å². The number of nitrogens with two attached hydrogens (primary N) is 1. The van der Waals surface area contributed by atoms with Gasteiger partial charge in [-0.1, -0.05) is 12.1 Å². The van der Waals surface area contributed by atoms with Gasteiger partial charge in [0.15, 0.2) is 5.96 Å². The summed E-state index contributed by atoms with van der Waals surface area (Å²) >= 11 is 0. The van der Waals surface area contributed by atoms with Crippen molar-refractivity contribution < 1.29 is 0 Å². The first-order valence-corrected chi connectivity index (χ1v) is 7.31. The van der Waals surface area contributed by atoms with Gasteiger partial charge in [-0.25, -0.2) is 4.98 Å². The van der Waals surface area contributed by atoms with Crippen molar-refractivity contribution in [2.45, 2.75) is 25.7 Å². The summed E-state index contributed by atoms with van der Waals surface area (Å²) in [6.07, 6.45) is 4.55. The molecule has 0 aliphatic carbocycles. The maximum Gasteiger partial charge on any atom is 0.191 e. The summed E-state index contributed by atoms with van der Waals surface area (Å²) in [6.45, 7) is 2.77. The molecule has 0 radical (unpaired) electrons. The molecule has 0 bridgehead atoms. The number of piperidine rings is 1. The Morgan fingerprint density at radius 1 is 1.24 bits per heavy atom. The van der Waals surface area contributed by atoms with Crippen molar-refractivity contribution in [3.8, 4) is 0 Å². The van der Waals surface area contributed by atoms with Crippen molar-refractivity contribution in [2.75, 3.05) is 19.6 Å². The Balaban J connectivity index is 0.00000161. The second kappa shape index (κ2) is 7.63. The molecule has 5 nitrogen and oxygen atoms in total. The number of aromatic amines is 1. The number of hydrogen-bond acceptors (Lipinski definition) is 2. The normalized spacial score (nSPS) is 16.0. The average molecular weight is 399 g/mol. The average Bonchev–Trinajstić information content (AvgIpc) is 2.90. The van der Waals surface area contributed by atoms with Gasteiger partial charge in [0.2, 0.25) is 0 Å². The number of imidazole rings is 1. The molecular weight excluding hydrogens is 377 g/mol. The zero-order chi connectivity index (χ0) is 13.8. The summed E-state index contributed by atoms with van der Waals surface area (Å²) in [5.41, 5.74) is 8.12. The molecule has 1 aromatic heterocycles. The summed E-state index contributed by atoms with van der Waals surface area (Å²) in [5.74, 6) is 1.65. The van der Waals surface area contributed by atoms with Gasteiger partial charge in [0.05, 0.1) is 11.0 Å². The van der Waals surface area contributed by atoms with Crippen LogP contribution in [0.3, 0.4) is 0 Å². The first-order chi connectivity index (χ1) is 9.83. The van der Waals surface area contributed by atoms with E-state index in [1.54, 1.807) is 0 Å². The topological polar surface area (TPSA) is 70.3 Å². The van der Waals surface area contributed by atoms with E-state index < -0.39 is 0 Å². The van der Waals surface area contributed by atoms with Crippen molar-refractivity contribution in [2.24, 2.45) is 10.7 Å². The first kappa shape index (κ1) is 16.1. The molecule has 0 amide bonds. The molecule has 3 N–H and O–H groups in total. The van der Waals surface area contributed by atoms with Gasteiger partial charge in [0.25, 0.3) is 0 Å². The predicted molar refractivity (Wildman–Crippen MR) is 97.1 cm³/mol. The Kier molecular flexibility index (Phi) is 5.84. The molecule has 2 heterocycles. The number of rotatable bonds is 3. The molecule has 0 unspecified atom stereocenters. The van der Waals surface area contributed by atoms with Gasteiger partial charge in [0.1, 0.15) is 5.82 Å². The maximum atomic E-state index is 6.03. The van der Waals surface area contributed by atoms with Crippen LogP contribution in [-0.2, 0) is 6.42 Å². The van der Waals surface area contributed by atoms with Crippen molar-refractivity contribution in [1.29, 1.82) is 0 Å². The zero-order valence-corrected chi connectivity index (χ0v) is 14.4. The van der Waals surface area contributed by atoms with Crippen LogP contribution in [0.4, 0.5) is 0 Å². The predicted octanol–water partition coefficient (Wildman–Crippen LogP) is 2.52. The molecule has 1 aromatic carbocycles. The highest BCUT2D eigenvalue weighted by Crippen LogP contribution is 2.11. The zero-order valence-electron chi connectivity index (χ0n) is 12.1. The van der Waals surface area contributed by atoms with Crippen LogP contribution in [0.5, 0.6) is 0 Å². The van der Waals surface area contributed by atoms with Gasteiger partial charge in [-0.2, -0.15) is 0 Å². The number of halogens is 1. The molecule has 6 heteroatoms. The molecule has 21 heavy (non-hydrogen) atoms. The minimum absolute atomic E-state index is 0. The largest absolute Gasteiger partial charge is 0.370 e. The lowest BCUT2D eigenvalue weighted by atomic mass is 10.1. The number of aliphatic imine (C=N–C) groups is 1. The van der Waals surface area contributed by atoms with E-state index in [9.17, 15) is 0 Å². The summed E-state index contributed by atoms with van der Waals surface area (Å²) in [5, 5.41) is 0. The Bertz CT molecular complexity index is 568. The van der Waals surface area contributed by atoms with Crippen molar-refractivity contribution in [3.63, 3.8) is 0 Å². The third-order valence-electron chi connectivity index (χ3n) is 3.74. The quantitative estimate of drug-likeness (QED) is 0.474. The lowest BCUT2D eigenvalue weighted by molar-refractivity contribution is 0.338. The van der Waals surface area contributed by atoms with Crippen LogP contribution in [0.25, 0.3) is 11.0 Å². The van der Waals surface area contributed by atoms with Crippen LogP contribution >= 0.6 is 24.0 Å². The van der Waals surface area contributed by atoms with E-state index in [4.69, 9.17) is 5.73 Å². The number of aromatic nitrogens is 2. The van der Waals surface area contributed by atoms with Crippen LogP contribution in [0.15, 0.2) is 29.3 Å². The van der Waals surface area contributed by atoms with E-state index >= 15 is 0 Å². The molecule has 1 saturated heterocycles. The SMILES string of the molecule is I.NC(=NCCc1nc2ccccc2[nH]1)N1CCCCC1. The number of guanidine groups is 1. The number of para-hydroxylation sites is 2.